The fraction of sp³-hybridized carbons (Fsp3) is 0.636. The summed E-state index contributed by atoms with van der Waals surface area (Å²) in [4.78, 5) is 11.7. The Kier molecular flexibility index (Phi) is 4.96. The van der Waals surface area contributed by atoms with Gasteiger partial charge in [0.05, 0.1) is 5.69 Å². The van der Waals surface area contributed by atoms with Crippen molar-refractivity contribution in [2.24, 2.45) is 5.92 Å². The molecule has 2 heterocycles. The Labute approximate surface area is 107 Å². The van der Waals surface area contributed by atoms with Gasteiger partial charge < -0.3 is 15.2 Å². The van der Waals surface area contributed by atoms with E-state index in [0.29, 0.717) is 18.2 Å². The molecule has 0 atom stereocenters. The Balaban J connectivity index is 0.00000144. The number of rotatable bonds is 4. The van der Waals surface area contributed by atoms with Gasteiger partial charge in [-0.3, -0.25) is 4.79 Å². The summed E-state index contributed by atoms with van der Waals surface area (Å²) >= 11 is 0. The number of amides is 1. The first-order chi connectivity index (χ1) is 7.66. The van der Waals surface area contributed by atoms with Gasteiger partial charge in [0.2, 0.25) is 5.76 Å². The van der Waals surface area contributed by atoms with Crippen molar-refractivity contribution >= 4 is 18.3 Å². The van der Waals surface area contributed by atoms with Gasteiger partial charge in [0.25, 0.3) is 5.91 Å². The topological polar surface area (TPSA) is 67.2 Å². The van der Waals surface area contributed by atoms with Gasteiger partial charge in [-0.25, -0.2) is 0 Å². The van der Waals surface area contributed by atoms with Gasteiger partial charge in [-0.05, 0) is 5.92 Å². The molecule has 17 heavy (non-hydrogen) atoms. The Hall–Kier alpha value is -1.07. The average molecular weight is 260 g/mol. The molecule has 2 N–H and O–H groups in total. The van der Waals surface area contributed by atoms with Gasteiger partial charge in [0.15, 0.2) is 0 Å². The highest BCUT2D eigenvalue weighted by atomic mass is 35.5. The van der Waals surface area contributed by atoms with E-state index in [2.05, 4.69) is 15.8 Å². The van der Waals surface area contributed by atoms with Crippen LogP contribution < -0.4 is 10.6 Å². The van der Waals surface area contributed by atoms with Crippen LogP contribution in [0.1, 0.15) is 36.0 Å². The van der Waals surface area contributed by atoms with Crippen LogP contribution in [-0.2, 0) is 0 Å². The molecule has 0 aromatic carbocycles. The third kappa shape index (κ3) is 3.44. The predicted octanol–water partition coefficient (Wildman–Crippen LogP) is 1.17. The second-order valence-electron chi connectivity index (χ2n) is 4.51. The van der Waals surface area contributed by atoms with Crippen molar-refractivity contribution in [3.05, 3.63) is 17.5 Å². The molecule has 1 aliphatic heterocycles. The minimum absolute atomic E-state index is 0. The molecule has 0 bridgehead atoms. The van der Waals surface area contributed by atoms with Crippen LogP contribution in [-0.4, -0.2) is 30.7 Å². The van der Waals surface area contributed by atoms with Crippen LogP contribution in [0.4, 0.5) is 0 Å². The molecule has 0 unspecified atom stereocenters. The summed E-state index contributed by atoms with van der Waals surface area (Å²) in [7, 11) is 0. The van der Waals surface area contributed by atoms with Crippen LogP contribution in [0.2, 0.25) is 0 Å². The maximum absolute atomic E-state index is 11.7. The maximum Gasteiger partial charge on any atom is 0.289 e. The highest BCUT2D eigenvalue weighted by Crippen LogP contribution is 2.13. The molecular formula is C11H18ClN3O2. The predicted molar refractivity (Wildman–Crippen MR) is 66.5 cm³/mol. The van der Waals surface area contributed by atoms with E-state index in [1.165, 1.54) is 0 Å². The summed E-state index contributed by atoms with van der Waals surface area (Å²) in [6.07, 6.45) is 0. The molecular weight excluding hydrogens is 242 g/mol. The Morgan fingerprint density at radius 2 is 2.35 bits per heavy atom. The van der Waals surface area contributed by atoms with E-state index in [0.717, 1.165) is 18.8 Å². The van der Waals surface area contributed by atoms with E-state index in [9.17, 15) is 4.79 Å². The lowest BCUT2D eigenvalue weighted by atomic mass is 10.0. The van der Waals surface area contributed by atoms with E-state index in [1.807, 2.05) is 13.8 Å². The summed E-state index contributed by atoms with van der Waals surface area (Å²) in [5.74, 6) is 0.958. The molecule has 1 fully saturated rings. The van der Waals surface area contributed by atoms with Crippen LogP contribution in [0.15, 0.2) is 10.6 Å². The second-order valence-corrected chi connectivity index (χ2v) is 4.51. The van der Waals surface area contributed by atoms with Crippen LogP contribution in [0, 0.1) is 5.92 Å². The SMILES string of the molecule is CC(C)c1cc(C(=O)NCC2CNC2)on1.Cl. The van der Waals surface area contributed by atoms with Crippen LogP contribution in [0.3, 0.4) is 0 Å². The minimum atomic E-state index is -0.175. The first-order valence-corrected chi connectivity index (χ1v) is 5.62. The first-order valence-electron chi connectivity index (χ1n) is 5.62. The summed E-state index contributed by atoms with van der Waals surface area (Å²) in [5.41, 5.74) is 0.815. The van der Waals surface area contributed by atoms with Crippen molar-refractivity contribution in [2.45, 2.75) is 19.8 Å². The van der Waals surface area contributed by atoms with Crippen molar-refractivity contribution in [1.82, 2.24) is 15.8 Å². The number of carbonyl (C=O) groups excluding carboxylic acids is 1. The summed E-state index contributed by atoms with van der Waals surface area (Å²) in [5, 5.41) is 9.85. The third-order valence-electron chi connectivity index (χ3n) is 2.76. The summed E-state index contributed by atoms with van der Waals surface area (Å²) in [6, 6.07) is 1.71. The average Bonchev–Trinajstić information content (AvgIpc) is 2.63. The van der Waals surface area contributed by atoms with E-state index in [1.54, 1.807) is 6.07 Å². The molecule has 0 spiro atoms. The standard InChI is InChI=1S/C11H17N3O2.ClH/c1-7(2)9-3-10(16-14-9)11(15)13-6-8-4-12-5-8;/h3,7-8,12H,4-6H2,1-2H3,(H,13,15);1H. The maximum atomic E-state index is 11.7. The fourth-order valence-electron chi connectivity index (χ4n) is 1.48. The number of aromatic nitrogens is 1. The quantitative estimate of drug-likeness (QED) is 0.852. The Morgan fingerprint density at radius 1 is 1.65 bits per heavy atom. The molecule has 1 saturated heterocycles. The van der Waals surface area contributed by atoms with Gasteiger partial charge in [-0.2, -0.15) is 0 Å². The molecule has 96 valence electrons. The first kappa shape index (κ1) is 14.0. The lowest BCUT2D eigenvalue weighted by Gasteiger charge is -2.26. The highest BCUT2D eigenvalue weighted by molar-refractivity contribution is 5.91. The lowest BCUT2D eigenvalue weighted by Crippen LogP contribution is -2.48. The van der Waals surface area contributed by atoms with E-state index < -0.39 is 0 Å². The monoisotopic (exact) mass is 259 g/mol. The normalized spacial score (nSPS) is 15.2. The zero-order valence-electron chi connectivity index (χ0n) is 10.0. The summed E-state index contributed by atoms with van der Waals surface area (Å²) in [6.45, 7) is 6.69. The van der Waals surface area contributed by atoms with Crippen LogP contribution >= 0.6 is 12.4 Å². The van der Waals surface area contributed by atoms with E-state index >= 15 is 0 Å². The number of halogens is 1. The molecule has 1 aromatic heterocycles. The van der Waals surface area contributed by atoms with Gasteiger partial charge >= 0.3 is 0 Å². The van der Waals surface area contributed by atoms with E-state index in [-0.39, 0.29) is 24.2 Å². The van der Waals surface area contributed by atoms with Crippen LogP contribution in [0.25, 0.3) is 0 Å². The third-order valence-corrected chi connectivity index (χ3v) is 2.76. The van der Waals surface area contributed by atoms with Crippen molar-refractivity contribution in [3.63, 3.8) is 0 Å². The molecule has 1 aliphatic rings. The smallest absolute Gasteiger partial charge is 0.289 e. The molecule has 6 heteroatoms. The van der Waals surface area contributed by atoms with Crippen molar-refractivity contribution in [1.29, 1.82) is 0 Å². The lowest BCUT2D eigenvalue weighted by molar-refractivity contribution is 0.0905. The van der Waals surface area contributed by atoms with Crippen molar-refractivity contribution < 1.29 is 9.32 Å². The Morgan fingerprint density at radius 3 is 2.82 bits per heavy atom. The van der Waals surface area contributed by atoms with Crippen LogP contribution in [0.5, 0.6) is 0 Å². The number of nitrogens with one attached hydrogen (secondary N) is 2. The number of hydrogen-bond donors (Lipinski definition) is 2. The highest BCUT2D eigenvalue weighted by Gasteiger charge is 2.19. The van der Waals surface area contributed by atoms with Gasteiger partial charge in [-0.1, -0.05) is 19.0 Å². The van der Waals surface area contributed by atoms with Gasteiger partial charge in [0, 0.05) is 31.6 Å². The number of nitrogens with zero attached hydrogens (tertiary/aromatic N) is 1. The molecule has 5 nitrogen and oxygen atoms in total. The number of carbonyl (C=O) groups is 1. The second kappa shape index (κ2) is 6.02. The molecule has 0 saturated carbocycles. The molecule has 0 aliphatic carbocycles. The Bertz CT molecular complexity index is 375. The zero-order valence-corrected chi connectivity index (χ0v) is 10.8. The molecule has 0 radical (unpaired) electrons. The molecule has 1 amide bonds. The molecule has 2 rings (SSSR count). The van der Waals surface area contributed by atoms with Crippen molar-refractivity contribution in [2.75, 3.05) is 19.6 Å². The van der Waals surface area contributed by atoms with Crippen molar-refractivity contribution in [3.8, 4) is 0 Å². The largest absolute Gasteiger partial charge is 0.351 e. The minimum Gasteiger partial charge on any atom is -0.351 e. The number of hydrogen-bond acceptors (Lipinski definition) is 4. The molecule has 1 aromatic rings. The van der Waals surface area contributed by atoms with E-state index in [4.69, 9.17) is 4.52 Å². The van der Waals surface area contributed by atoms with Gasteiger partial charge in [0.1, 0.15) is 0 Å². The van der Waals surface area contributed by atoms with Gasteiger partial charge in [-0.15, -0.1) is 12.4 Å². The summed E-state index contributed by atoms with van der Waals surface area (Å²) < 4.78 is 4.99. The fourth-order valence-corrected chi connectivity index (χ4v) is 1.48. The zero-order chi connectivity index (χ0) is 11.5.